The van der Waals surface area contributed by atoms with E-state index in [1.165, 1.54) is 0 Å². The van der Waals surface area contributed by atoms with Crippen LogP contribution in [0.25, 0.3) is 16.8 Å². The quantitative estimate of drug-likeness (QED) is 0.681. The molecule has 0 unspecified atom stereocenters. The molecule has 3 heterocycles. The second-order valence-corrected chi connectivity index (χ2v) is 6.35. The molecule has 6 heteroatoms. The molecule has 0 aliphatic carbocycles. The van der Waals surface area contributed by atoms with Gasteiger partial charge in [-0.2, -0.15) is 5.10 Å². The van der Waals surface area contributed by atoms with Crippen LogP contribution in [0.15, 0.2) is 53.1 Å². The molecule has 132 valence electrons. The molecular weight excluding hydrogens is 328 g/mol. The van der Waals surface area contributed by atoms with Crippen LogP contribution in [0.3, 0.4) is 0 Å². The number of amides is 1. The van der Waals surface area contributed by atoms with E-state index < -0.39 is 0 Å². The molecule has 6 nitrogen and oxygen atoms in total. The number of benzene rings is 1. The Balaban J connectivity index is 1.42. The molecule has 1 aromatic carbocycles. The van der Waals surface area contributed by atoms with Gasteiger partial charge in [0.15, 0.2) is 5.82 Å². The van der Waals surface area contributed by atoms with Crippen molar-refractivity contribution in [3.05, 3.63) is 60.2 Å². The number of rotatable bonds is 3. The monoisotopic (exact) mass is 348 g/mol. The Morgan fingerprint density at radius 3 is 2.69 bits per heavy atom. The SMILES string of the molecule is Cc1ccc(/C=C\C(=O)N2CCN(c3nncc4ccccc34)CC2)o1. The first-order chi connectivity index (χ1) is 12.7. The highest BCUT2D eigenvalue weighted by atomic mass is 16.3. The summed E-state index contributed by atoms with van der Waals surface area (Å²) in [6.07, 6.45) is 5.07. The third-order valence-corrected chi connectivity index (χ3v) is 4.59. The van der Waals surface area contributed by atoms with Gasteiger partial charge in [0, 0.05) is 43.0 Å². The molecular formula is C20H20N4O2. The Bertz CT molecular complexity index is 950. The normalized spacial score (nSPS) is 15.1. The number of aryl methyl sites for hydroxylation is 1. The third kappa shape index (κ3) is 3.31. The minimum absolute atomic E-state index is 0.00251. The van der Waals surface area contributed by atoms with Crippen molar-refractivity contribution in [2.45, 2.75) is 6.92 Å². The molecule has 0 spiro atoms. The summed E-state index contributed by atoms with van der Waals surface area (Å²) in [7, 11) is 0. The molecule has 0 bridgehead atoms. The summed E-state index contributed by atoms with van der Waals surface area (Å²) in [6, 6.07) is 11.8. The van der Waals surface area contributed by atoms with Crippen molar-refractivity contribution in [3.8, 4) is 0 Å². The molecule has 3 aromatic rings. The molecule has 0 saturated carbocycles. The van der Waals surface area contributed by atoms with Crippen LogP contribution in [0, 0.1) is 6.92 Å². The maximum atomic E-state index is 12.4. The zero-order valence-corrected chi connectivity index (χ0v) is 14.6. The summed E-state index contributed by atoms with van der Waals surface area (Å²) < 4.78 is 5.46. The van der Waals surface area contributed by atoms with Crippen LogP contribution in [0.4, 0.5) is 5.82 Å². The van der Waals surface area contributed by atoms with Crippen molar-refractivity contribution >= 4 is 28.6 Å². The second kappa shape index (κ2) is 7.00. The Hall–Kier alpha value is -3.15. The van der Waals surface area contributed by atoms with Gasteiger partial charge in [-0.1, -0.05) is 24.3 Å². The van der Waals surface area contributed by atoms with Crippen molar-refractivity contribution in [1.29, 1.82) is 0 Å². The maximum absolute atomic E-state index is 12.4. The van der Waals surface area contributed by atoms with E-state index >= 15 is 0 Å². The molecule has 0 radical (unpaired) electrons. The number of piperazine rings is 1. The van der Waals surface area contributed by atoms with Gasteiger partial charge in [-0.15, -0.1) is 5.10 Å². The Morgan fingerprint density at radius 1 is 1.12 bits per heavy atom. The molecule has 1 aliphatic heterocycles. The number of aromatic nitrogens is 2. The summed E-state index contributed by atoms with van der Waals surface area (Å²) in [4.78, 5) is 16.4. The smallest absolute Gasteiger partial charge is 0.246 e. The minimum Gasteiger partial charge on any atom is -0.462 e. The van der Waals surface area contributed by atoms with Gasteiger partial charge in [-0.05, 0) is 25.1 Å². The molecule has 1 saturated heterocycles. The van der Waals surface area contributed by atoms with Crippen LogP contribution >= 0.6 is 0 Å². The van der Waals surface area contributed by atoms with Gasteiger partial charge in [0.2, 0.25) is 5.91 Å². The number of carbonyl (C=O) groups is 1. The second-order valence-electron chi connectivity index (χ2n) is 6.35. The summed E-state index contributed by atoms with van der Waals surface area (Å²) >= 11 is 0. The molecule has 1 fully saturated rings. The zero-order chi connectivity index (χ0) is 17.9. The molecule has 0 N–H and O–H groups in total. The van der Waals surface area contributed by atoms with E-state index in [9.17, 15) is 4.79 Å². The lowest BCUT2D eigenvalue weighted by atomic mass is 10.1. The van der Waals surface area contributed by atoms with Crippen LogP contribution in [0.2, 0.25) is 0 Å². The number of anilines is 1. The summed E-state index contributed by atoms with van der Waals surface area (Å²) in [5.41, 5.74) is 0. The van der Waals surface area contributed by atoms with Gasteiger partial charge in [0.1, 0.15) is 11.5 Å². The van der Waals surface area contributed by atoms with Crippen molar-refractivity contribution in [2.24, 2.45) is 0 Å². The Kier molecular flexibility index (Phi) is 4.39. The van der Waals surface area contributed by atoms with E-state index in [2.05, 4.69) is 21.2 Å². The van der Waals surface area contributed by atoms with Gasteiger partial charge in [0.25, 0.3) is 0 Å². The number of hydrogen-bond donors (Lipinski definition) is 0. The van der Waals surface area contributed by atoms with Gasteiger partial charge in [0.05, 0.1) is 6.20 Å². The summed E-state index contributed by atoms with van der Waals surface area (Å²) in [5.74, 6) is 2.42. The Morgan fingerprint density at radius 2 is 1.92 bits per heavy atom. The summed E-state index contributed by atoms with van der Waals surface area (Å²) in [5, 5.41) is 10.6. The number of furan rings is 1. The highest BCUT2D eigenvalue weighted by Gasteiger charge is 2.22. The highest BCUT2D eigenvalue weighted by Crippen LogP contribution is 2.24. The van der Waals surface area contributed by atoms with Crippen molar-refractivity contribution in [3.63, 3.8) is 0 Å². The van der Waals surface area contributed by atoms with Crippen molar-refractivity contribution < 1.29 is 9.21 Å². The topological polar surface area (TPSA) is 62.5 Å². The fraction of sp³-hybridized carbons (Fsp3) is 0.250. The number of carbonyl (C=O) groups excluding carboxylic acids is 1. The lowest BCUT2D eigenvalue weighted by molar-refractivity contribution is -0.126. The first-order valence-corrected chi connectivity index (χ1v) is 8.69. The number of nitrogens with zero attached hydrogens (tertiary/aromatic N) is 4. The van der Waals surface area contributed by atoms with E-state index in [1.54, 1.807) is 18.3 Å². The van der Waals surface area contributed by atoms with Crippen LogP contribution in [0.5, 0.6) is 0 Å². The number of fused-ring (bicyclic) bond motifs is 1. The van der Waals surface area contributed by atoms with Crippen LogP contribution in [0.1, 0.15) is 11.5 Å². The maximum Gasteiger partial charge on any atom is 0.246 e. The standard InChI is InChI=1S/C20H20N4O2/c1-15-6-7-17(26-15)8-9-19(25)23-10-12-24(13-11-23)20-18-5-3-2-4-16(18)14-21-22-20/h2-9,14H,10-13H2,1H3/b9-8-. The van der Waals surface area contributed by atoms with Gasteiger partial charge in [-0.3, -0.25) is 4.79 Å². The van der Waals surface area contributed by atoms with Crippen molar-refractivity contribution in [1.82, 2.24) is 15.1 Å². The fourth-order valence-electron chi connectivity index (χ4n) is 3.19. The zero-order valence-electron chi connectivity index (χ0n) is 14.6. The largest absolute Gasteiger partial charge is 0.462 e. The average Bonchev–Trinajstić information content (AvgIpc) is 3.11. The average molecular weight is 348 g/mol. The molecule has 1 amide bonds. The fourth-order valence-corrected chi connectivity index (χ4v) is 3.19. The van der Waals surface area contributed by atoms with Crippen molar-refractivity contribution in [2.75, 3.05) is 31.1 Å². The Labute approximate surface area is 151 Å². The highest BCUT2D eigenvalue weighted by molar-refractivity contribution is 5.93. The predicted octanol–water partition coefficient (Wildman–Crippen LogP) is 2.89. The lowest BCUT2D eigenvalue weighted by Gasteiger charge is -2.35. The molecule has 2 aromatic heterocycles. The first-order valence-electron chi connectivity index (χ1n) is 8.69. The van der Waals surface area contributed by atoms with E-state index in [0.29, 0.717) is 18.8 Å². The first kappa shape index (κ1) is 16.3. The van der Waals surface area contributed by atoms with E-state index in [4.69, 9.17) is 4.42 Å². The molecule has 0 atom stereocenters. The van der Waals surface area contributed by atoms with E-state index in [1.807, 2.05) is 42.2 Å². The van der Waals surface area contributed by atoms with Gasteiger partial charge < -0.3 is 14.2 Å². The van der Waals surface area contributed by atoms with Crippen LogP contribution in [-0.2, 0) is 4.79 Å². The van der Waals surface area contributed by atoms with Gasteiger partial charge in [-0.25, -0.2) is 0 Å². The molecule has 1 aliphatic rings. The van der Waals surface area contributed by atoms with Crippen LogP contribution < -0.4 is 4.90 Å². The predicted molar refractivity (Wildman–Crippen MR) is 101 cm³/mol. The van der Waals surface area contributed by atoms with Crippen LogP contribution in [-0.4, -0.2) is 47.2 Å². The molecule has 4 rings (SSSR count). The third-order valence-electron chi connectivity index (χ3n) is 4.59. The molecule has 26 heavy (non-hydrogen) atoms. The van der Waals surface area contributed by atoms with E-state index in [-0.39, 0.29) is 5.91 Å². The number of hydrogen-bond acceptors (Lipinski definition) is 5. The van der Waals surface area contributed by atoms with E-state index in [0.717, 1.165) is 35.4 Å². The minimum atomic E-state index is 0.00251. The van der Waals surface area contributed by atoms with Gasteiger partial charge >= 0.3 is 0 Å². The summed E-state index contributed by atoms with van der Waals surface area (Å²) in [6.45, 7) is 4.68. The lowest BCUT2D eigenvalue weighted by Crippen LogP contribution is -2.48.